The molecule has 1 radical (unpaired) electrons. The Kier molecular flexibility index (Phi) is 1.93. The van der Waals surface area contributed by atoms with E-state index in [1.807, 2.05) is 0 Å². The smallest absolute Gasteiger partial charge is 0.0212 e. The fraction of sp³-hybridized carbons (Fsp3) is 0.235. The molecule has 0 saturated heterocycles. The Morgan fingerprint density at radius 1 is 0.765 bits per heavy atom. The van der Waals surface area contributed by atoms with Crippen LogP contribution in [0.2, 0.25) is 0 Å². The maximum absolute atomic E-state index is 2.34. The van der Waals surface area contributed by atoms with Gasteiger partial charge in [-0.1, -0.05) is 36.4 Å². The fourth-order valence-electron chi connectivity index (χ4n) is 3.30. The van der Waals surface area contributed by atoms with E-state index >= 15 is 0 Å². The van der Waals surface area contributed by atoms with E-state index in [2.05, 4.69) is 42.8 Å². The summed E-state index contributed by atoms with van der Waals surface area (Å²) in [5, 5.41) is 0. The van der Waals surface area contributed by atoms with Gasteiger partial charge in [0.2, 0.25) is 0 Å². The van der Waals surface area contributed by atoms with Gasteiger partial charge in [-0.05, 0) is 59.1 Å². The third-order valence-corrected chi connectivity index (χ3v) is 4.11. The molecule has 2 aliphatic carbocycles. The summed E-state index contributed by atoms with van der Waals surface area (Å²) in [5.41, 5.74) is 8.99. The molecular weight excluding hydrogens is 204 g/mol. The van der Waals surface area contributed by atoms with Crippen molar-refractivity contribution in [1.29, 1.82) is 0 Å². The summed E-state index contributed by atoms with van der Waals surface area (Å²) in [6.07, 6.45) is 7.58. The Morgan fingerprint density at radius 3 is 2.65 bits per heavy atom. The summed E-state index contributed by atoms with van der Waals surface area (Å²) in [5.74, 6) is 0. The first kappa shape index (κ1) is 9.47. The largest absolute Gasteiger partial charge is 0.0619 e. The second-order valence-corrected chi connectivity index (χ2v) is 5.11. The van der Waals surface area contributed by atoms with Crippen LogP contribution in [0.15, 0.2) is 36.4 Å². The quantitative estimate of drug-likeness (QED) is 0.533. The van der Waals surface area contributed by atoms with E-state index in [1.165, 1.54) is 47.9 Å². The highest BCUT2D eigenvalue weighted by atomic mass is 14.3. The van der Waals surface area contributed by atoms with Gasteiger partial charge in [-0.15, -0.1) is 0 Å². The van der Waals surface area contributed by atoms with Crippen LogP contribution in [0.1, 0.15) is 35.1 Å². The normalized spacial score (nSPS) is 16.2. The zero-order valence-electron chi connectivity index (χ0n) is 9.87. The molecule has 0 aliphatic heterocycles. The molecule has 0 aromatic heterocycles. The average molecular weight is 219 g/mol. The number of hydrogen-bond donors (Lipinski definition) is 0. The number of aryl methyl sites for hydroxylation is 1. The van der Waals surface area contributed by atoms with Crippen LogP contribution in [0, 0.1) is 6.42 Å². The van der Waals surface area contributed by atoms with Gasteiger partial charge in [0.1, 0.15) is 0 Å². The maximum Gasteiger partial charge on any atom is 0.0212 e. The molecule has 2 aromatic rings. The van der Waals surface area contributed by atoms with Gasteiger partial charge in [0.25, 0.3) is 0 Å². The molecule has 2 aromatic carbocycles. The summed E-state index contributed by atoms with van der Waals surface area (Å²) in [6, 6.07) is 13.4. The predicted molar refractivity (Wildman–Crippen MR) is 71.0 cm³/mol. The Bertz CT molecular complexity index is 593. The highest BCUT2D eigenvalue weighted by Gasteiger charge is 2.24. The molecule has 0 unspecified atom stereocenters. The first-order valence-electron chi connectivity index (χ1n) is 6.52. The van der Waals surface area contributed by atoms with Crippen molar-refractivity contribution < 1.29 is 0 Å². The first-order chi connectivity index (χ1) is 8.43. The molecule has 0 bridgehead atoms. The van der Waals surface area contributed by atoms with Crippen LogP contribution >= 0.6 is 0 Å². The second-order valence-electron chi connectivity index (χ2n) is 5.11. The van der Waals surface area contributed by atoms with Crippen LogP contribution in [-0.2, 0) is 12.8 Å². The van der Waals surface area contributed by atoms with Gasteiger partial charge < -0.3 is 0 Å². The molecule has 17 heavy (non-hydrogen) atoms. The SMILES string of the molecule is [CH]1c2ccccc2-c2c1ccc1c2CCCC1. The summed E-state index contributed by atoms with van der Waals surface area (Å²) < 4.78 is 0. The molecule has 0 saturated carbocycles. The van der Waals surface area contributed by atoms with Crippen molar-refractivity contribution >= 4 is 0 Å². The lowest BCUT2D eigenvalue weighted by Gasteiger charge is -2.19. The molecule has 0 spiro atoms. The minimum atomic E-state index is 1.26. The van der Waals surface area contributed by atoms with Crippen molar-refractivity contribution in [2.45, 2.75) is 25.7 Å². The second kappa shape index (κ2) is 3.46. The lowest BCUT2D eigenvalue weighted by Crippen LogP contribution is -2.04. The molecule has 0 N–H and O–H groups in total. The Labute approximate surface area is 102 Å². The van der Waals surface area contributed by atoms with E-state index in [9.17, 15) is 0 Å². The van der Waals surface area contributed by atoms with Crippen LogP contribution in [0.25, 0.3) is 11.1 Å². The van der Waals surface area contributed by atoms with Crippen LogP contribution in [0.3, 0.4) is 0 Å². The molecule has 0 fully saturated rings. The van der Waals surface area contributed by atoms with Crippen molar-refractivity contribution in [3.63, 3.8) is 0 Å². The molecule has 0 heterocycles. The molecule has 0 nitrogen and oxygen atoms in total. The third kappa shape index (κ3) is 1.30. The minimum Gasteiger partial charge on any atom is -0.0619 e. The molecule has 0 heteroatoms. The average Bonchev–Trinajstić information content (AvgIpc) is 2.77. The van der Waals surface area contributed by atoms with Crippen molar-refractivity contribution in [3.05, 3.63) is 65.1 Å². The summed E-state index contributed by atoms with van der Waals surface area (Å²) in [7, 11) is 0. The summed E-state index contributed by atoms with van der Waals surface area (Å²) in [4.78, 5) is 0. The van der Waals surface area contributed by atoms with E-state index in [-0.39, 0.29) is 0 Å². The summed E-state index contributed by atoms with van der Waals surface area (Å²) >= 11 is 0. The highest BCUT2D eigenvalue weighted by Crippen LogP contribution is 2.42. The Balaban J connectivity index is 2.01. The zero-order chi connectivity index (χ0) is 11.2. The number of fused-ring (bicyclic) bond motifs is 5. The van der Waals surface area contributed by atoms with Crippen molar-refractivity contribution in [1.82, 2.24) is 0 Å². The molecular formula is C17H15. The molecule has 83 valence electrons. The zero-order valence-corrected chi connectivity index (χ0v) is 9.87. The molecule has 2 aliphatic rings. The van der Waals surface area contributed by atoms with Gasteiger partial charge >= 0.3 is 0 Å². The first-order valence-corrected chi connectivity index (χ1v) is 6.52. The molecule has 4 rings (SSSR count). The van der Waals surface area contributed by atoms with Crippen LogP contribution < -0.4 is 0 Å². The fourth-order valence-corrected chi connectivity index (χ4v) is 3.30. The van der Waals surface area contributed by atoms with Crippen molar-refractivity contribution in [2.24, 2.45) is 0 Å². The van der Waals surface area contributed by atoms with Gasteiger partial charge in [-0.25, -0.2) is 0 Å². The highest BCUT2D eigenvalue weighted by molar-refractivity contribution is 5.84. The maximum atomic E-state index is 2.34. The summed E-state index contributed by atoms with van der Waals surface area (Å²) in [6.45, 7) is 0. The Morgan fingerprint density at radius 2 is 1.65 bits per heavy atom. The minimum absolute atomic E-state index is 1.26. The van der Waals surface area contributed by atoms with Crippen molar-refractivity contribution in [3.8, 4) is 11.1 Å². The van der Waals surface area contributed by atoms with Gasteiger partial charge in [-0.2, -0.15) is 0 Å². The van der Waals surface area contributed by atoms with Gasteiger partial charge in [0.05, 0.1) is 0 Å². The van der Waals surface area contributed by atoms with E-state index in [4.69, 9.17) is 0 Å². The van der Waals surface area contributed by atoms with E-state index < -0.39 is 0 Å². The van der Waals surface area contributed by atoms with Gasteiger partial charge in [0.15, 0.2) is 0 Å². The van der Waals surface area contributed by atoms with E-state index in [1.54, 1.807) is 11.1 Å². The van der Waals surface area contributed by atoms with Gasteiger partial charge in [0, 0.05) is 6.42 Å². The molecule has 0 atom stereocenters. The standard InChI is InChI=1S/C17H15/c1-3-7-15-12(5-1)9-10-14-11-13-6-2-4-8-16(13)17(14)15/h2,4,6,8-11H,1,3,5,7H2. The lowest BCUT2D eigenvalue weighted by molar-refractivity contribution is 0.687. The van der Waals surface area contributed by atoms with Gasteiger partial charge in [-0.3, -0.25) is 0 Å². The number of rotatable bonds is 0. The number of hydrogen-bond acceptors (Lipinski definition) is 0. The lowest BCUT2D eigenvalue weighted by atomic mass is 9.85. The third-order valence-electron chi connectivity index (χ3n) is 4.11. The predicted octanol–water partition coefficient (Wildman–Crippen LogP) is 4.15. The van der Waals surface area contributed by atoms with E-state index in [0.717, 1.165) is 0 Å². The Hall–Kier alpha value is -1.56. The topological polar surface area (TPSA) is 0 Å². The van der Waals surface area contributed by atoms with E-state index in [0.29, 0.717) is 0 Å². The van der Waals surface area contributed by atoms with Crippen molar-refractivity contribution in [2.75, 3.05) is 0 Å². The van der Waals surface area contributed by atoms with Crippen LogP contribution in [0.5, 0.6) is 0 Å². The molecule has 0 amide bonds. The van der Waals surface area contributed by atoms with Crippen LogP contribution in [0.4, 0.5) is 0 Å². The monoisotopic (exact) mass is 219 g/mol. The number of benzene rings is 2. The van der Waals surface area contributed by atoms with Crippen LogP contribution in [-0.4, -0.2) is 0 Å².